The summed E-state index contributed by atoms with van der Waals surface area (Å²) < 4.78 is 0. The maximum Gasteiger partial charge on any atom is 0.256 e. The van der Waals surface area contributed by atoms with Crippen molar-refractivity contribution in [3.05, 3.63) is 23.8 Å². The number of para-hydroxylation sites is 1. The minimum atomic E-state index is 0.148. The predicted octanol–water partition coefficient (Wildman–Crippen LogP) is 1.69. The van der Waals surface area contributed by atoms with Gasteiger partial charge >= 0.3 is 0 Å². The van der Waals surface area contributed by atoms with Crippen LogP contribution in [0.1, 0.15) is 23.2 Å². The largest absolute Gasteiger partial charge is 0.382 e. The normalized spacial score (nSPS) is 21.5. The molecule has 5 nitrogen and oxygen atoms in total. The Hall–Kier alpha value is -1.75. The van der Waals surface area contributed by atoms with E-state index in [9.17, 15) is 4.79 Å². The van der Waals surface area contributed by atoms with Crippen LogP contribution in [0.2, 0.25) is 0 Å². The first-order valence-corrected chi connectivity index (χ1v) is 7.73. The SMILES string of the molecule is CN(C)C1CCCN(C(=O)c2cccc3c2NCCN3)C1. The highest BCUT2D eigenvalue weighted by molar-refractivity contribution is 6.02. The fourth-order valence-corrected chi connectivity index (χ4v) is 3.18. The van der Waals surface area contributed by atoms with E-state index in [1.165, 1.54) is 6.42 Å². The number of fused-ring (bicyclic) bond motifs is 1. The highest BCUT2D eigenvalue weighted by atomic mass is 16.2. The zero-order chi connectivity index (χ0) is 14.8. The molecule has 0 spiro atoms. The lowest BCUT2D eigenvalue weighted by molar-refractivity contribution is 0.0636. The molecule has 0 aliphatic carbocycles. The third-order valence-corrected chi connectivity index (χ3v) is 4.45. The molecule has 1 fully saturated rings. The molecule has 1 amide bonds. The topological polar surface area (TPSA) is 47.6 Å². The van der Waals surface area contributed by atoms with Crippen LogP contribution < -0.4 is 10.6 Å². The minimum absolute atomic E-state index is 0.148. The molecule has 1 unspecified atom stereocenters. The number of benzene rings is 1. The molecule has 2 N–H and O–H groups in total. The van der Waals surface area contributed by atoms with Crippen LogP contribution in [0.3, 0.4) is 0 Å². The van der Waals surface area contributed by atoms with Gasteiger partial charge in [0.1, 0.15) is 0 Å². The predicted molar refractivity (Wildman–Crippen MR) is 86.0 cm³/mol. The number of anilines is 2. The molecule has 1 aromatic rings. The number of carbonyl (C=O) groups is 1. The highest BCUT2D eigenvalue weighted by Gasteiger charge is 2.27. The summed E-state index contributed by atoms with van der Waals surface area (Å²) in [6.07, 6.45) is 2.25. The van der Waals surface area contributed by atoms with E-state index in [0.29, 0.717) is 6.04 Å². The smallest absolute Gasteiger partial charge is 0.256 e. The second-order valence-corrected chi connectivity index (χ2v) is 6.09. The lowest BCUT2D eigenvalue weighted by atomic mass is 10.0. The Morgan fingerprint density at radius 2 is 2.10 bits per heavy atom. The third kappa shape index (κ3) is 2.83. The summed E-state index contributed by atoms with van der Waals surface area (Å²) in [5.41, 5.74) is 2.79. The third-order valence-electron chi connectivity index (χ3n) is 4.45. The fraction of sp³-hybridized carbons (Fsp3) is 0.562. The average molecular weight is 288 g/mol. The first-order valence-electron chi connectivity index (χ1n) is 7.73. The molecular formula is C16H24N4O. The van der Waals surface area contributed by atoms with Crippen molar-refractivity contribution in [2.24, 2.45) is 0 Å². The molecule has 0 saturated carbocycles. The number of amides is 1. The molecular weight excluding hydrogens is 264 g/mol. The van der Waals surface area contributed by atoms with E-state index < -0.39 is 0 Å². The summed E-state index contributed by atoms with van der Waals surface area (Å²) in [5, 5.41) is 6.71. The first-order chi connectivity index (χ1) is 10.2. The number of hydrogen-bond donors (Lipinski definition) is 2. The number of likely N-dealkylation sites (N-methyl/N-ethyl adjacent to an activating group) is 1. The Bertz CT molecular complexity index is 529. The highest BCUT2D eigenvalue weighted by Crippen LogP contribution is 2.30. The number of nitrogens with one attached hydrogen (secondary N) is 2. The Kier molecular flexibility index (Phi) is 4.01. The van der Waals surface area contributed by atoms with E-state index in [1.807, 2.05) is 23.1 Å². The number of hydrogen-bond acceptors (Lipinski definition) is 4. The Morgan fingerprint density at radius 1 is 1.29 bits per heavy atom. The second kappa shape index (κ2) is 5.93. The van der Waals surface area contributed by atoms with Crippen LogP contribution in [0, 0.1) is 0 Å². The molecule has 5 heteroatoms. The summed E-state index contributed by atoms with van der Waals surface area (Å²) >= 11 is 0. The lowest BCUT2D eigenvalue weighted by Crippen LogP contribution is -2.47. The van der Waals surface area contributed by atoms with Crippen molar-refractivity contribution in [1.29, 1.82) is 0 Å². The van der Waals surface area contributed by atoms with E-state index in [0.717, 1.165) is 49.5 Å². The van der Waals surface area contributed by atoms with Gasteiger partial charge in [-0.1, -0.05) is 6.07 Å². The molecule has 3 rings (SSSR count). The zero-order valence-corrected chi connectivity index (χ0v) is 12.9. The van der Waals surface area contributed by atoms with Gasteiger partial charge in [0, 0.05) is 32.2 Å². The van der Waals surface area contributed by atoms with Gasteiger partial charge in [-0.25, -0.2) is 0 Å². The Balaban J connectivity index is 1.82. The minimum Gasteiger partial charge on any atom is -0.382 e. The van der Waals surface area contributed by atoms with Crippen LogP contribution in [0.25, 0.3) is 0 Å². The lowest BCUT2D eigenvalue weighted by Gasteiger charge is -2.36. The maximum atomic E-state index is 12.9. The summed E-state index contributed by atoms with van der Waals surface area (Å²) in [5.74, 6) is 0.148. The van der Waals surface area contributed by atoms with Crippen molar-refractivity contribution < 1.29 is 4.79 Å². The van der Waals surface area contributed by atoms with E-state index >= 15 is 0 Å². The molecule has 2 aliphatic rings. The molecule has 2 heterocycles. The van der Waals surface area contributed by atoms with Gasteiger partial charge < -0.3 is 20.4 Å². The van der Waals surface area contributed by atoms with Crippen LogP contribution in [0.15, 0.2) is 18.2 Å². The molecule has 0 bridgehead atoms. The van der Waals surface area contributed by atoms with Crippen LogP contribution >= 0.6 is 0 Å². The van der Waals surface area contributed by atoms with Crippen molar-refractivity contribution >= 4 is 17.3 Å². The van der Waals surface area contributed by atoms with Crippen LogP contribution in [-0.4, -0.2) is 62.0 Å². The molecule has 114 valence electrons. The van der Waals surface area contributed by atoms with Crippen LogP contribution in [-0.2, 0) is 0 Å². The van der Waals surface area contributed by atoms with Crippen molar-refractivity contribution in [2.75, 3.05) is 50.9 Å². The van der Waals surface area contributed by atoms with Crippen LogP contribution in [0.4, 0.5) is 11.4 Å². The quantitative estimate of drug-likeness (QED) is 0.869. The summed E-state index contributed by atoms with van der Waals surface area (Å²) in [6.45, 7) is 3.44. The standard InChI is InChI=1S/C16H24N4O/c1-19(2)12-5-4-10-20(11-12)16(21)13-6-3-7-14-15(13)18-9-8-17-14/h3,6-7,12,17-18H,4-5,8-11H2,1-2H3. The molecule has 2 aliphatic heterocycles. The van der Waals surface area contributed by atoms with E-state index in [1.54, 1.807) is 0 Å². The van der Waals surface area contributed by atoms with Gasteiger partial charge in [0.15, 0.2) is 0 Å². The molecule has 0 radical (unpaired) electrons. The Labute approximate surface area is 126 Å². The molecule has 21 heavy (non-hydrogen) atoms. The van der Waals surface area contributed by atoms with Gasteiger partial charge in [0.2, 0.25) is 0 Å². The fourth-order valence-electron chi connectivity index (χ4n) is 3.18. The zero-order valence-electron chi connectivity index (χ0n) is 12.9. The Morgan fingerprint density at radius 3 is 2.90 bits per heavy atom. The summed E-state index contributed by atoms with van der Waals surface area (Å²) in [4.78, 5) is 17.1. The summed E-state index contributed by atoms with van der Waals surface area (Å²) in [7, 11) is 4.18. The van der Waals surface area contributed by atoms with E-state index in [4.69, 9.17) is 0 Å². The van der Waals surface area contributed by atoms with Gasteiger partial charge in [-0.15, -0.1) is 0 Å². The number of rotatable bonds is 2. The second-order valence-electron chi connectivity index (χ2n) is 6.09. The van der Waals surface area contributed by atoms with Gasteiger partial charge in [0.05, 0.1) is 16.9 Å². The number of piperidine rings is 1. The molecule has 1 atom stereocenters. The summed E-state index contributed by atoms with van der Waals surface area (Å²) in [6, 6.07) is 6.38. The van der Waals surface area contributed by atoms with E-state index in [-0.39, 0.29) is 5.91 Å². The van der Waals surface area contributed by atoms with Crippen molar-refractivity contribution in [3.8, 4) is 0 Å². The molecule has 1 aromatic carbocycles. The van der Waals surface area contributed by atoms with Gasteiger partial charge in [-0.2, -0.15) is 0 Å². The van der Waals surface area contributed by atoms with Gasteiger partial charge in [-0.05, 0) is 39.1 Å². The van der Waals surface area contributed by atoms with Gasteiger partial charge in [-0.3, -0.25) is 4.79 Å². The number of carbonyl (C=O) groups excluding carboxylic acids is 1. The maximum absolute atomic E-state index is 12.9. The van der Waals surface area contributed by atoms with Crippen molar-refractivity contribution in [1.82, 2.24) is 9.80 Å². The first kappa shape index (κ1) is 14.2. The van der Waals surface area contributed by atoms with Crippen molar-refractivity contribution in [3.63, 3.8) is 0 Å². The molecule has 0 aromatic heterocycles. The molecule has 1 saturated heterocycles. The van der Waals surface area contributed by atoms with E-state index in [2.05, 4.69) is 29.6 Å². The van der Waals surface area contributed by atoms with Crippen LogP contribution in [0.5, 0.6) is 0 Å². The monoisotopic (exact) mass is 288 g/mol. The number of likely N-dealkylation sites (tertiary alicyclic amines) is 1. The van der Waals surface area contributed by atoms with Gasteiger partial charge in [0.25, 0.3) is 5.91 Å². The average Bonchev–Trinajstić information content (AvgIpc) is 2.53. The number of nitrogens with zero attached hydrogens (tertiary/aromatic N) is 2. The van der Waals surface area contributed by atoms with Crippen molar-refractivity contribution in [2.45, 2.75) is 18.9 Å².